The highest BCUT2D eigenvalue weighted by Crippen LogP contribution is 2.61. The van der Waals surface area contributed by atoms with E-state index in [0.717, 1.165) is 23.5 Å². The molecule has 0 unspecified atom stereocenters. The molecule has 0 aromatic carbocycles. The molecule has 0 spiro atoms. The van der Waals surface area contributed by atoms with Gasteiger partial charge in [-0.25, -0.2) is 0 Å². The Morgan fingerprint density at radius 1 is 1.24 bits per heavy atom. The SMILES string of the molecule is CCS/C(=N\C#N)C12CC3CC(CC(C3)C1)C2. The van der Waals surface area contributed by atoms with Crippen LogP contribution in [0.3, 0.4) is 0 Å². The Balaban J connectivity index is 1.90. The van der Waals surface area contributed by atoms with E-state index in [1.165, 1.54) is 43.6 Å². The molecule has 0 saturated heterocycles. The van der Waals surface area contributed by atoms with E-state index in [2.05, 4.69) is 11.9 Å². The lowest BCUT2D eigenvalue weighted by atomic mass is 9.50. The maximum atomic E-state index is 8.91. The fourth-order valence-corrected chi connectivity index (χ4v) is 5.79. The van der Waals surface area contributed by atoms with Crippen LogP contribution in [-0.2, 0) is 0 Å². The summed E-state index contributed by atoms with van der Waals surface area (Å²) in [5.74, 6) is 3.84. The average Bonchev–Trinajstić information content (AvgIpc) is 2.27. The Labute approximate surface area is 108 Å². The maximum absolute atomic E-state index is 8.91. The average molecular weight is 248 g/mol. The van der Waals surface area contributed by atoms with E-state index in [9.17, 15) is 0 Å². The predicted octanol–water partition coefficient (Wildman–Crippen LogP) is 3.84. The standard InChI is InChI=1S/C14H20N2S/c1-2-17-13(16-9-15)14-6-10-3-11(7-14)5-12(4-10)8-14/h10-12H,2-8H2,1H3/b16-13-. The summed E-state index contributed by atoms with van der Waals surface area (Å²) >= 11 is 1.82. The quantitative estimate of drug-likeness (QED) is 0.423. The van der Waals surface area contributed by atoms with Crippen LogP contribution in [0.4, 0.5) is 0 Å². The highest BCUT2D eigenvalue weighted by Gasteiger charge is 2.53. The van der Waals surface area contributed by atoms with Crippen molar-refractivity contribution in [3.63, 3.8) is 0 Å². The van der Waals surface area contributed by atoms with Crippen LogP contribution in [0.2, 0.25) is 0 Å². The maximum Gasteiger partial charge on any atom is 0.206 e. The summed E-state index contributed by atoms with van der Waals surface area (Å²) in [6.45, 7) is 2.16. The summed E-state index contributed by atoms with van der Waals surface area (Å²) in [4.78, 5) is 4.19. The Hall–Kier alpha value is -0.490. The third kappa shape index (κ3) is 1.91. The first-order valence-corrected chi connectivity index (χ1v) is 7.84. The van der Waals surface area contributed by atoms with Gasteiger partial charge in [-0.2, -0.15) is 10.3 Å². The summed E-state index contributed by atoms with van der Waals surface area (Å²) < 4.78 is 0. The predicted molar refractivity (Wildman–Crippen MR) is 71.8 cm³/mol. The molecule has 0 atom stereocenters. The molecule has 0 amide bonds. The third-order valence-electron chi connectivity index (χ3n) is 4.92. The summed E-state index contributed by atoms with van der Waals surface area (Å²) in [6, 6.07) is 0. The molecule has 17 heavy (non-hydrogen) atoms. The molecule has 4 saturated carbocycles. The molecule has 4 aliphatic carbocycles. The van der Waals surface area contributed by atoms with Gasteiger partial charge in [0.25, 0.3) is 0 Å². The summed E-state index contributed by atoms with van der Waals surface area (Å²) in [6.07, 6.45) is 10.3. The fourth-order valence-electron chi connectivity index (χ4n) is 4.86. The second-order valence-corrected chi connectivity index (χ2v) is 7.40. The van der Waals surface area contributed by atoms with Gasteiger partial charge in [-0.3, -0.25) is 0 Å². The zero-order chi connectivity index (χ0) is 11.9. The van der Waals surface area contributed by atoms with Gasteiger partial charge in [0.05, 0.1) is 5.04 Å². The summed E-state index contributed by atoms with van der Waals surface area (Å²) in [5, 5.41) is 10.1. The second kappa shape index (κ2) is 4.31. The van der Waals surface area contributed by atoms with Crippen molar-refractivity contribution in [2.24, 2.45) is 28.2 Å². The van der Waals surface area contributed by atoms with Crippen LogP contribution in [0.1, 0.15) is 45.4 Å². The van der Waals surface area contributed by atoms with Crippen molar-refractivity contribution >= 4 is 16.8 Å². The van der Waals surface area contributed by atoms with Crippen LogP contribution in [0.15, 0.2) is 4.99 Å². The minimum atomic E-state index is 0.311. The van der Waals surface area contributed by atoms with Gasteiger partial charge in [0, 0.05) is 5.41 Å². The second-order valence-electron chi connectivity index (χ2n) is 6.15. The van der Waals surface area contributed by atoms with Gasteiger partial charge in [0.2, 0.25) is 6.19 Å². The van der Waals surface area contributed by atoms with Crippen molar-refractivity contribution in [3.8, 4) is 6.19 Å². The first kappa shape index (κ1) is 11.6. The molecule has 0 radical (unpaired) electrons. The highest BCUT2D eigenvalue weighted by atomic mass is 32.2. The van der Waals surface area contributed by atoms with Crippen molar-refractivity contribution < 1.29 is 0 Å². The van der Waals surface area contributed by atoms with E-state index in [1.54, 1.807) is 0 Å². The Morgan fingerprint density at radius 2 is 1.76 bits per heavy atom. The molecule has 0 aromatic heterocycles. The van der Waals surface area contributed by atoms with E-state index in [0.29, 0.717) is 5.41 Å². The summed E-state index contributed by atoms with van der Waals surface area (Å²) in [5.41, 5.74) is 0.311. The molecule has 0 heterocycles. The van der Waals surface area contributed by atoms with Crippen molar-refractivity contribution in [2.45, 2.75) is 45.4 Å². The highest BCUT2D eigenvalue weighted by molar-refractivity contribution is 8.14. The van der Waals surface area contributed by atoms with Crippen LogP contribution >= 0.6 is 11.8 Å². The minimum Gasteiger partial charge on any atom is -0.171 e. The smallest absolute Gasteiger partial charge is 0.171 e. The third-order valence-corrected chi connectivity index (χ3v) is 6.01. The van der Waals surface area contributed by atoms with Gasteiger partial charge < -0.3 is 0 Å². The van der Waals surface area contributed by atoms with Gasteiger partial charge >= 0.3 is 0 Å². The van der Waals surface area contributed by atoms with Gasteiger partial charge in [-0.1, -0.05) is 6.92 Å². The van der Waals surface area contributed by atoms with Crippen LogP contribution in [0.5, 0.6) is 0 Å². The number of nitriles is 1. The number of hydrogen-bond acceptors (Lipinski definition) is 3. The van der Waals surface area contributed by atoms with Crippen molar-refractivity contribution in [1.29, 1.82) is 5.26 Å². The lowest BCUT2D eigenvalue weighted by Gasteiger charge is -2.56. The number of aliphatic imine (C=N–C) groups is 1. The Bertz CT molecular complexity index is 345. The Morgan fingerprint density at radius 3 is 2.18 bits per heavy atom. The molecule has 92 valence electrons. The fraction of sp³-hybridized carbons (Fsp3) is 0.857. The topological polar surface area (TPSA) is 36.1 Å². The Kier molecular flexibility index (Phi) is 2.94. The molecule has 3 heteroatoms. The molecular weight excluding hydrogens is 228 g/mol. The van der Waals surface area contributed by atoms with Crippen LogP contribution in [-0.4, -0.2) is 10.8 Å². The first-order valence-electron chi connectivity index (χ1n) is 6.86. The zero-order valence-electron chi connectivity index (χ0n) is 10.5. The van der Waals surface area contributed by atoms with Crippen LogP contribution in [0.25, 0.3) is 0 Å². The zero-order valence-corrected chi connectivity index (χ0v) is 11.3. The van der Waals surface area contributed by atoms with Gasteiger partial charge in [-0.05, 0) is 62.0 Å². The van der Waals surface area contributed by atoms with E-state index >= 15 is 0 Å². The van der Waals surface area contributed by atoms with Crippen molar-refractivity contribution in [3.05, 3.63) is 0 Å². The van der Waals surface area contributed by atoms with Gasteiger partial charge in [0.15, 0.2) is 0 Å². The number of thioether (sulfide) groups is 1. The number of nitrogens with zero attached hydrogens (tertiary/aromatic N) is 2. The normalized spacial score (nSPS) is 43.8. The van der Waals surface area contributed by atoms with Gasteiger partial charge in [-0.15, -0.1) is 11.8 Å². The van der Waals surface area contributed by atoms with E-state index < -0.39 is 0 Å². The van der Waals surface area contributed by atoms with Crippen molar-refractivity contribution in [1.82, 2.24) is 0 Å². The van der Waals surface area contributed by atoms with Crippen LogP contribution in [0, 0.1) is 34.6 Å². The molecule has 0 aliphatic heterocycles. The first-order chi connectivity index (χ1) is 8.25. The molecular formula is C14H20N2S. The molecule has 4 rings (SSSR count). The molecule has 4 aliphatic rings. The molecule has 0 aromatic rings. The monoisotopic (exact) mass is 248 g/mol. The number of hydrogen-bond donors (Lipinski definition) is 0. The van der Waals surface area contributed by atoms with E-state index in [4.69, 9.17) is 5.26 Å². The molecule has 0 N–H and O–H groups in total. The minimum absolute atomic E-state index is 0.311. The lowest BCUT2D eigenvalue weighted by molar-refractivity contribution is -0.0105. The van der Waals surface area contributed by atoms with Crippen LogP contribution < -0.4 is 0 Å². The molecule has 4 bridgehead atoms. The van der Waals surface area contributed by atoms with Crippen molar-refractivity contribution in [2.75, 3.05) is 5.75 Å². The summed E-state index contributed by atoms with van der Waals surface area (Å²) in [7, 11) is 0. The lowest BCUT2D eigenvalue weighted by Crippen LogP contribution is -2.49. The van der Waals surface area contributed by atoms with E-state index in [-0.39, 0.29) is 0 Å². The molecule has 4 fully saturated rings. The van der Waals surface area contributed by atoms with E-state index in [1.807, 2.05) is 18.0 Å². The van der Waals surface area contributed by atoms with Gasteiger partial charge in [0.1, 0.15) is 0 Å². The molecule has 2 nitrogen and oxygen atoms in total. The number of rotatable bonds is 2. The largest absolute Gasteiger partial charge is 0.206 e.